The maximum atomic E-state index is 14.9. The number of aliphatic hydroxyl groups is 1. The number of halogens is 1. The molecule has 4 atom stereocenters. The number of aromatic nitrogens is 4. The van der Waals surface area contributed by atoms with Gasteiger partial charge in [-0.3, -0.25) is 4.90 Å². The molecule has 0 aromatic carbocycles. The summed E-state index contributed by atoms with van der Waals surface area (Å²) in [6.45, 7) is 4.81. The molecule has 4 aliphatic rings. The highest BCUT2D eigenvalue weighted by molar-refractivity contribution is 7.91. The van der Waals surface area contributed by atoms with Gasteiger partial charge < -0.3 is 9.84 Å². The van der Waals surface area contributed by atoms with E-state index in [1.807, 2.05) is 6.07 Å². The van der Waals surface area contributed by atoms with Crippen molar-refractivity contribution in [1.82, 2.24) is 23.8 Å². The number of fused-ring (bicyclic) bond motifs is 3. The van der Waals surface area contributed by atoms with Crippen molar-refractivity contribution in [2.45, 2.75) is 54.5 Å². The number of hydrogen-bond acceptors (Lipinski definition) is 10. The summed E-state index contributed by atoms with van der Waals surface area (Å²) in [6.07, 6.45) is 13.8. The quantitative estimate of drug-likeness (QED) is 0.312. The summed E-state index contributed by atoms with van der Waals surface area (Å²) in [5, 5.41) is 12.9. The minimum Gasteiger partial charge on any atom is -0.383 e. The van der Waals surface area contributed by atoms with Crippen molar-refractivity contribution in [3.05, 3.63) is 75.9 Å². The van der Waals surface area contributed by atoms with E-state index >= 15 is 0 Å². The van der Waals surface area contributed by atoms with Crippen LogP contribution in [0.25, 0.3) is 21.5 Å². The van der Waals surface area contributed by atoms with Crippen LogP contribution in [0.5, 0.6) is 0 Å². The molecule has 43 heavy (non-hydrogen) atoms. The van der Waals surface area contributed by atoms with E-state index in [0.717, 1.165) is 52.8 Å². The third kappa shape index (κ3) is 4.09. The van der Waals surface area contributed by atoms with Crippen LogP contribution in [0.1, 0.15) is 53.4 Å². The highest BCUT2D eigenvalue weighted by Gasteiger charge is 2.50. The van der Waals surface area contributed by atoms with Crippen molar-refractivity contribution in [3.8, 4) is 10.4 Å². The molecule has 0 amide bonds. The molecule has 4 aromatic heterocycles. The SMILES string of the molecule is CC1(S(=O)(=O)n2ccc3c(-c4cnc(C5(O)CCC5)s4)ccnc32)C=C(F)C=CC1c1cnc(C23CCN(CCO2)C3)s1. The summed E-state index contributed by atoms with van der Waals surface area (Å²) in [7, 11) is -4.24. The van der Waals surface area contributed by atoms with E-state index in [1.54, 1.807) is 37.7 Å². The zero-order valence-electron chi connectivity index (χ0n) is 23.4. The van der Waals surface area contributed by atoms with Crippen LogP contribution < -0.4 is 0 Å². The maximum absolute atomic E-state index is 14.9. The van der Waals surface area contributed by atoms with Gasteiger partial charge in [0.1, 0.15) is 31.8 Å². The molecule has 2 aliphatic carbocycles. The first kappa shape index (κ1) is 27.7. The van der Waals surface area contributed by atoms with E-state index in [0.29, 0.717) is 29.8 Å². The molecule has 0 radical (unpaired) electrons. The van der Waals surface area contributed by atoms with Crippen LogP contribution in [0.3, 0.4) is 0 Å². The second-order valence-corrected chi connectivity index (χ2v) is 16.4. The number of ether oxygens (including phenoxy) is 1. The third-order valence-electron chi connectivity index (χ3n) is 9.53. The van der Waals surface area contributed by atoms with Crippen molar-refractivity contribution in [1.29, 1.82) is 0 Å². The van der Waals surface area contributed by atoms with E-state index in [-0.39, 0.29) is 5.65 Å². The minimum atomic E-state index is -4.24. The number of nitrogens with zero attached hydrogens (tertiary/aromatic N) is 5. The van der Waals surface area contributed by atoms with E-state index in [2.05, 4.69) is 14.9 Å². The first-order valence-corrected chi connectivity index (χ1v) is 17.5. The molecule has 3 fully saturated rings. The summed E-state index contributed by atoms with van der Waals surface area (Å²) >= 11 is 2.86. The van der Waals surface area contributed by atoms with Crippen LogP contribution in [0.15, 0.2) is 61.0 Å². The maximum Gasteiger partial charge on any atom is 0.250 e. The second kappa shape index (κ2) is 9.59. The summed E-state index contributed by atoms with van der Waals surface area (Å²) in [5.74, 6) is -1.28. The van der Waals surface area contributed by atoms with Crippen molar-refractivity contribution in [2.75, 3.05) is 26.2 Å². The Labute approximate surface area is 256 Å². The molecule has 6 heterocycles. The smallest absolute Gasteiger partial charge is 0.250 e. The lowest BCUT2D eigenvalue weighted by Crippen LogP contribution is -2.43. The fourth-order valence-electron chi connectivity index (χ4n) is 6.79. The number of allylic oxidation sites excluding steroid dienone is 3. The Morgan fingerprint density at radius 3 is 2.74 bits per heavy atom. The van der Waals surface area contributed by atoms with Gasteiger partial charge in [-0.1, -0.05) is 6.08 Å². The van der Waals surface area contributed by atoms with Crippen molar-refractivity contribution in [3.63, 3.8) is 0 Å². The average Bonchev–Trinajstić information content (AvgIpc) is 3.78. The predicted molar refractivity (Wildman–Crippen MR) is 163 cm³/mol. The topological polar surface area (TPSA) is 110 Å². The van der Waals surface area contributed by atoms with Gasteiger partial charge in [0, 0.05) is 66.2 Å². The Bertz CT molecular complexity index is 1920. The first-order chi connectivity index (χ1) is 20.6. The Hall–Kier alpha value is -2.81. The molecule has 0 spiro atoms. The van der Waals surface area contributed by atoms with Crippen LogP contribution in [-0.2, 0) is 26.0 Å². The summed E-state index contributed by atoms with van der Waals surface area (Å²) < 4.78 is 49.8. The molecule has 13 heteroatoms. The molecule has 8 rings (SSSR count). The van der Waals surface area contributed by atoms with Gasteiger partial charge in [0.05, 0.1) is 11.5 Å². The zero-order valence-corrected chi connectivity index (χ0v) is 25.9. The molecule has 4 aromatic rings. The summed E-state index contributed by atoms with van der Waals surface area (Å²) in [6, 6.07) is 3.55. The Balaban J connectivity index is 1.18. The number of morpholine rings is 1. The van der Waals surface area contributed by atoms with Crippen LogP contribution in [0, 0.1) is 0 Å². The number of rotatable bonds is 6. The van der Waals surface area contributed by atoms with Gasteiger partial charge in [-0.05, 0) is 56.9 Å². The average molecular weight is 640 g/mol. The van der Waals surface area contributed by atoms with Crippen LogP contribution in [0.2, 0.25) is 0 Å². The van der Waals surface area contributed by atoms with Crippen molar-refractivity contribution >= 4 is 43.7 Å². The van der Waals surface area contributed by atoms with Crippen molar-refractivity contribution < 1.29 is 22.7 Å². The highest BCUT2D eigenvalue weighted by atomic mass is 32.2. The molecule has 1 N–H and O–H groups in total. The van der Waals surface area contributed by atoms with Gasteiger partial charge in [-0.2, -0.15) is 0 Å². The van der Waals surface area contributed by atoms with Gasteiger partial charge >= 0.3 is 0 Å². The standard InChI is InChI=1S/C30H30FN5O4S3/c1-28(15-19(31)3-4-22(28)24-17-34-27(42-24)30-9-12-35(18-30)13-14-40-30)43(38,39)36-11-6-21-20(5-10-32-25(21)36)23-16-33-26(41-23)29(37)7-2-8-29/h3-6,10-11,15-17,22,37H,2,7-9,12-14,18H2,1H3. The van der Waals surface area contributed by atoms with Gasteiger partial charge in [-0.25, -0.2) is 31.7 Å². The molecule has 4 unspecified atom stereocenters. The molecule has 2 aliphatic heterocycles. The highest BCUT2D eigenvalue weighted by Crippen LogP contribution is 2.48. The lowest BCUT2D eigenvalue weighted by molar-refractivity contribution is -0.0729. The van der Waals surface area contributed by atoms with Gasteiger partial charge in [-0.15, -0.1) is 22.7 Å². The normalized spacial score (nSPS) is 30.0. The zero-order chi connectivity index (χ0) is 29.6. The molecule has 1 saturated carbocycles. The number of thiazole rings is 2. The number of hydrogen-bond donors (Lipinski definition) is 1. The van der Waals surface area contributed by atoms with E-state index in [4.69, 9.17) is 9.72 Å². The molecular formula is C30H30FN5O4S3. The minimum absolute atomic E-state index is 0.253. The van der Waals surface area contributed by atoms with E-state index < -0.39 is 37.7 Å². The summed E-state index contributed by atoms with van der Waals surface area (Å²) in [4.78, 5) is 17.6. The van der Waals surface area contributed by atoms with Gasteiger partial charge in [0.2, 0.25) is 10.0 Å². The molecule has 224 valence electrons. The third-order valence-corrected chi connectivity index (χ3v) is 14.3. The summed E-state index contributed by atoms with van der Waals surface area (Å²) in [5.41, 5.74) is -0.321. The predicted octanol–water partition coefficient (Wildman–Crippen LogP) is 5.06. The lowest BCUT2D eigenvalue weighted by atomic mass is 9.81. The monoisotopic (exact) mass is 639 g/mol. The molecule has 2 bridgehead atoms. The number of pyridine rings is 1. The molecule has 9 nitrogen and oxygen atoms in total. The van der Waals surface area contributed by atoms with Crippen LogP contribution in [0.4, 0.5) is 4.39 Å². The van der Waals surface area contributed by atoms with Gasteiger partial charge in [0.15, 0.2) is 5.65 Å². The lowest BCUT2D eigenvalue weighted by Gasteiger charge is -2.35. The van der Waals surface area contributed by atoms with E-state index in [9.17, 15) is 17.9 Å². The second-order valence-electron chi connectivity index (χ2n) is 12.1. The van der Waals surface area contributed by atoms with Crippen LogP contribution >= 0.6 is 22.7 Å². The Morgan fingerprint density at radius 1 is 1.09 bits per heavy atom. The van der Waals surface area contributed by atoms with Crippen LogP contribution in [-0.4, -0.2) is 68.3 Å². The van der Waals surface area contributed by atoms with Gasteiger partial charge in [0.25, 0.3) is 0 Å². The molecular weight excluding hydrogens is 610 g/mol. The van der Waals surface area contributed by atoms with E-state index in [1.165, 1.54) is 45.0 Å². The fourth-order valence-corrected chi connectivity index (χ4v) is 11.1. The fraction of sp³-hybridized carbons (Fsp3) is 0.433. The Kier molecular flexibility index (Phi) is 6.18. The molecule has 2 saturated heterocycles. The largest absolute Gasteiger partial charge is 0.383 e. The van der Waals surface area contributed by atoms with Crippen molar-refractivity contribution in [2.24, 2.45) is 0 Å². The first-order valence-electron chi connectivity index (χ1n) is 14.4. The Morgan fingerprint density at radius 2 is 1.93 bits per heavy atom.